The van der Waals surface area contributed by atoms with Crippen LogP contribution in [0, 0.1) is 5.92 Å². The van der Waals surface area contributed by atoms with E-state index in [1.165, 1.54) is 5.56 Å². The summed E-state index contributed by atoms with van der Waals surface area (Å²) in [6.45, 7) is 8.17. The first kappa shape index (κ1) is 18.0. The molecule has 0 unspecified atom stereocenters. The quantitative estimate of drug-likeness (QED) is 0.582. The van der Waals surface area contributed by atoms with Crippen molar-refractivity contribution >= 4 is 0 Å². The van der Waals surface area contributed by atoms with Gasteiger partial charge in [-0.25, -0.2) is 0 Å². The topological polar surface area (TPSA) is 50.7 Å². The molecule has 0 heterocycles. The van der Waals surface area contributed by atoms with Crippen molar-refractivity contribution in [3.8, 4) is 5.75 Å². The Hall–Kier alpha value is -1.10. The predicted octanol–water partition coefficient (Wildman–Crippen LogP) is 2.60. The first-order chi connectivity index (χ1) is 10.2. The molecule has 0 spiro atoms. The van der Waals surface area contributed by atoms with Gasteiger partial charge in [-0.15, -0.1) is 0 Å². The molecule has 0 radical (unpaired) electrons. The Morgan fingerprint density at radius 1 is 1.10 bits per heavy atom. The van der Waals surface area contributed by atoms with Crippen molar-refractivity contribution in [3.63, 3.8) is 0 Å². The molecule has 21 heavy (non-hydrogen) atoms. The highest BCUT2D eigenvalue weighted by Crippen LogP contribution is 2.13. The maximum atomic E-state index is 8.57. The van der Waals surface area contributed by atoms with Crippen LogP contribution in [0.15, 0.2) is 24.3 Å². The summed E-state index contributed by atoms with van der Waals surface area (Å²) < 4.78 is 10.9. The molecule has 0 bridgehead atoms. The van der Waals surface area contributed by atoms with Gasteiger partial charge in [0.25, 0.3) is 0 Å². The van der Waals surface area contributed by atoms with Crippen LogP contribution >= 0.6 is 0 Å². The van der Waals surface area contributed by atoms with Crippen molar-refractivity contribution in [2.45, 2.75) is 33.2 Å². The van der Waals surface area contributed by atoms with Crippen molar-refractivity contribution in [1.82, 2.24) is 5.32 Å². The van der Waals surface area contributed by atoms with Crippen molar-refractivity contribution in [2.75, 3.05) is 33.0 Å². The second-order valence-electron chi connectivity index (χ2n) is 5.54. The zero-order valence-electron chi connectivity index (χ0n) is 13.3. The van der Waals surface area contributed by atoms with Gasteiger partial charge in [-0.3, -0.25) is 0 Å². The van der Waals surface area contributed by atoms with Gasteiger partial charge in [-0.1, -0.05) is 26.0 Å². The fourth-order valence-corrected chi connectivity index (χ4v) is 1.81. The number of benzene rings is 1. The monoisotopic (exact) mass is 295 g/mol. The number of nitrogens with one attached hydrogen (secondary N) is 1. The lowest BCUT2D eigenvalue weighted by atomic mass is 10.1. The third kappa shape index (κ3) is 9.45. The summed E-state index contributed by atoms with van der Waals surface area (Å²) in [4.78, 5) is 0. The lowest BCUT2D eigenvalue weighted by molar-refractivity contribution is 0.0907. The number of rotatable bonds is 12. The van der Waals surface area contributed by atoms with Crippen molar-refractivity contribution in [1.29, 1.82) is 0 Å². The number of ether oxygens (including phenoxy) is 2. The fourth-order valence-electron chi connectivity index (χ4n) is 1.81. The van der Waals surface area contributed by atoms with Gasteiger partial charge >= 0.3 is 0 Å². The van der Waals surface area contributed by atoms with E-state index in [0.717, 1.165) is 38.3 Å². The normalized spacial score (nSPS) is 11.0. The minimum absolute atomic E-state index is 0.0962. The summed E-state index contributed by atoms with van der Waals surface area (Å²) in [6.07, 6.45) is 2.04. The fraction of sp³-hybridized carbons (Fsp3) is 0.647. The first-order valence-corrected chi connectivity index (χ1v) is 7.83. The summed E-state index contributed by atoms with van der Waals surface area (Å²) in [5.41, 5.74) is 1.25. The van der Waals surface area contributed by atoms with Crippen molar-refractivity contribution in [2.24, 2.45) is 5.92 Å². The molecule has 1 aromatic carbocycles. The lowest BCUT2D eigenvalue weighted by Crippen LogP contribution is -2.16. The molecule has 0 aliphatic heterocycles. The van der Waals surface area contributed by atoms with E-state index in [9.17, 15) is 0 Å². The van der Waals surface area contributed by atoms with Crippen molar-refractivity contribution in [3.05, 3.63) is 29.8 Å². The third-order valence-electron chi connectivity index (χ3n) is 3.09. The van der Waals surface area contributed by atoms with E-state index in [0.29, 0.717) is 19.1 Å². The average molecular weight is 295 g/mol. The summed E-state index contributed by atoms with van der Waals surface area (Å²) in [6, 6.07) is 8.25. The molecule has 4 nitrogen and oxygen atoms in total. The molecule has 0 atom stereocenters. The van der Waals surface area contributed by atoms with E-state index in [2.05, 4.69) is 31.3 Å². The number of aliphatic hydroxyl groups excluding tert-OH is 1. The standard InChI is InChI=1S/C17H29NO3/c1-15(2)8-12-21-17-6-4-16(5-7-17)14-18-9-3-11-20-13-10-19/h4-7,15,18-19H,3,8-14H2,1-2H3. The van der Waals surface area contributed by atoms with Gasteiger partial charge < -0.3 is 19.9 Å². The van der Waals surface area contributed by atoms with Crippen LogP contribution in [0.25, 0.3) is 0 Å². The second kappa shape index (κ2) is 11.5. The van der Waals surface area contributed by atoms with Crippen LogP contribution in [0.1, 0.15) is 32.3 Å². The molecule has 120 valence electrons. The van der Waals surface area contributed by atoms with Crippen LogP contribution in [-0.2, 0) is 11.3 Å². The zero-order valence-corrected chi connectivity index (χ0v) is 13.3. The maximum absolute atomic E-state index is 8.57. The van der Waals surface area contributed by atoms with Crippen LogP contribution in [0.4, 0.5) is 0 Å². The van der Waals surface area contributed by atoms with Gasteiger partial charge in [0.1, 0.15) is 5.75 Å². The molecule has 0 aliphatic rings. The van der Waals surface area contributed by atoms with E-state index in [-0.39, 0.29) is 6.61 Å². The summed E-state index contributed by atoms with van der Waals surface area (Å²) in [7, 11) is 0. The predicted molar refractivity (Wildman–Crippen MR) is 85.6 cm³/mol. The Balaban J connectivity index is 2.10. The molecule has 2 N–H and O–H groups in total. The van der Waals surface area contributed by atoms with E-state index >= 15 is 0 Å². The number of aliphatic hydroxyl groups is 1. The molecule has 0 aliphatic carbocycles. The third-order valence-corrected chi connectivity index (χ3v) is 3.09. The van der Waals surface area contributed by atoms with E-state index in [4.69, 9.17) is 14.6 Å². The smallest absolute Gasteiger partial charge is 0.119 e. The number of hydrogen-bond acceptors (Lipinski definition) is 4. The Labute approximate surface area is 128 Å². The first-order valence-electron chi connectivity index (χ1n) is 7.83. The molecular formula is C17H29NO3. The molecule has 0 saturated carbocycles. The van der Waals surface area contributed by atoms with Gasteiger partial charge in [0.2, 0.25) is 0 Å². The van der Waals surface area contributed by atoms with Crippen LogP contribution in [0.3, 0.4) is 0 Å². The molecule has 1 aromatic rings. The van der Waals surface area contributed by atoms with E-state index in [1.54, 1.807) is 0 Å². The second-order valence-corrected chi connectivity index (χ2v) is 5.54. The van der Waals surface area contributed by atoms with Crippen LogP contribution in [0.2, 0.25) is 0 Å². The SMILES string of the molecule is CC(C)CCOc1ccc(CNCCCOCCO)cc1. The van der Waals surface area contributed by atoms with Gasteiger partial charge in [-0.2, -0.15) is 0 Å². The molecule has 4 heteroatoms. The molecule has 0 aromatic heterocycles. The van der Waals surface area contributed by atoms with Crippen molar-refractivity contribution < 1.29 is 14.6 Å². The van der Waals surface area contributed by atoms with E-state index < -0.39 is 0 Å². The summed E-state index contributed by atoms with van der Waals surface area (Å²) in [5.74, 6) is 1.62. The number of hydrogen-bond donors (Lipinski definition) is 2. The highest BCUT2D eigenvalue weighted by atomic mass is 16.5. The zero-order chi connectivity index (χ0) is 15.3. The Morgan fingerprint density at radius 3 is 2.52 bits per heavy atom. The summed E-state index contributed by atoms with van der Waals surface area (Å²) >= 11 is 0. The highest BCUT2D eigenvalue weighted by molar-refractivity contribution is 5.27. The van der Waals surface area contributed by atoms with Gasteiger partial charge in [-0.05, 0) is 43.0 Å². The van der Waals surface area contributed by atoms with E-state index in [1.807, 2.05) is 12.1 Å². The Morgan fingerprint density at radius 2 is 1.86 bits per heavy atom. The molecule has 0 amide bonds. The van der Waals surface area contributed by atoms with Crippen LogP contribution in [0.5, 0.6) is 5.75 Å². The molecule has 0 fully saturated rings. The van der Waals surface area contributed by atoms with Crippen LogP contribution in [-0.4, -0.2) is 38.1 Å². The summed E-state index contributed by atoms with van der Waals surface area (Å²) in [5, 5.41) is 11.9. The average Bonchev–Trinajstić information content (AvgIpc) is 2.47. The van der Waals surface area contributed by atoms with Gasteiger partial charge in [0.05, 0.1) is 19.8 Å². The van der Waals surface area contributed by atoms with Gasteiger partial charge in [0.15, 0.2) is 0 Å². The molecular weight excluding hydrogens is 266 g/mol. The maximum Gasteiger partial charge on any atom is 0.119 e. The lowest BCUT2D eigenvalue weighted by Gasteiger charge is -2.09. The minimum Gasteiger partial charge on any atom is -0.494 e. The Bertz CT molecular complexity index is 352. The molecule has 0 saturated heterocycles. The van der Waals surface area contributed by atoms with Gasteiger partial charge in [0, 0.05) is 13.2 Å². The highest BCUT2D eigenvalue weighted by Gasteiger charge is 1.98. The minimum atomic E-state index is 0.0962. The Kier molecular flexibility index (Phi) is 9.87. The van der Waals surface area contributed by atoms with Crippen LogP contribution < -0.4 is 10.1 Å². The molecule has 1 rings (SSSR count). The largest absolute Gasteiger partial charge is 0.494 e.